The summed E-state index contributed by atoms with van der Waals surface area (Å²) in [7, 11) is -3.94. The average Bonchev–Trinajstić information content (AvgIpc) is 2.79. The van der Waals surface area contributed by atoms with E-state index >= 15 is 0 Å². The topological polar surface area (TPSA) is 98.8 Å². The zero-order chi connectivity index (χ0) is 23.0. The van der Waals surface area contributed by atoms with Gasteiger partial charge in [-0.25, -0.2) is 4.79 Å². The molecule has 0 bridgehead atoms. The van der Waals surface area contributed by atoms with Crippen LogP contribution < -0.4 is 9.50 Å². The highest BCUT2D eigenvalue weighted by Gasteiger charge is 2.22. The van der Waals surface area contributed by atoms with Gasteiger partial charge in [0.2, 0.25) is 5.91 Å². The van der Waals surface area contributed by atoms with Gasteiger partial charge >= 0.3 is 16.1 Å². The Labute approximate surface area is 187 Å². The molecular weight excluding hydrogens is 430 g/mol. The molecule has 0 saturated heterocycles. The van der Waals surface area contributed by atoms with E-state index < -0.39 is 22.1 Å². The quantitative estimate of drug-likeness (QED) is 0.395. The lowest BCUT2D eigenvalue weighted by atomic mass is 10.1. The summed E-state index contributed by atoms with van der Waals surface area (Å²) < 4.78 is 35.2. The summed E-state index contributed by atoms with van der Waals surface area (Å²) in [5.41, 5.74) is 1.54. The first-order valence-electron chi connectivity index (χ1n) is 9.89. The van der Waals surface area contributed by atoms with Crippen molar-refractivity contribution >= 4 is 22.0 Å². The summed E-state index contributed by atoms with van der Waals surface area (Å²) in [5.74, 6) is -0.781. The summed E-state index contributed by atoms with van der Waals surface area (Å²) in [6, 6.07) is 22.4. The molecule has 32 heavy (non-hydrogen) atoms. The van der Waals surface area contributed by atoms with E-state index in [0.717, 1.165) is 5.56 Å². The number of esters is 1. The third kappa shape index (κ3) is 6.68. The van der Waals surface area contributed by atoms with Crippen LogP contribution in [0.2, 0.25) is 0 Å². The lowest BCUT2D eigenvalue weighted by Gasteiger charge is -2.17. The standard InChI is InChI=1S/C24H23NO6S/c1-18(26)25-23(24(27)30-17-20-8-4-2-5-9-20)16-19-12-14-21(15-13-19)31-32(28,29)22-10-6-3-7-11-22/h2-15,23H,16-17H2,1H3,(H,25,26)/t23-/m0/s1. The van der Waals surface area contributed by atoms with E-state index in [1.807, 2.05) is 30.3 Å². The molecule has 0 heterocycles. The first-order valence-corrected chi connectivity index (χ1v) is 11.3. The van der Waals surface area contributed by atoms with Crippen LogP contribution in [0.25, 0.3) is 0 Å². The highest BCUT2D eigenvalue weighted by molar-refractivity contribution is 7.87. The van der Waals surface area contributed by atoms with Gasteiger partial charge in [-0.2, -0.15) is 8.42 Å². The van der Waals surface area contributed by atoms with Gasteiger partial charge in [-0.3, -0.25) is 4.79 Å². The summed E-state index contributed by atoms with van der Waals surface area (Å²) in [5, 5.41) is 2.60. The van der Waals surface area contributed by atoms with Crippen molar-refractivity contribution in [1.82, 2.24) is 5.32 Å². The number of rotatable bonds is 9. The molecule has 8 heteroatoms. The van der Waals surface area contributed by atoms with Crippen molar-refractivity contribution < 1.29 is 26.9 Å². The van der Waals surface area contributed by atoms with Crippen molar-refractivity contribution in [2.75, 3.05) is 0 Å². The van der Waals surface area contributed by atoms with Gasteiger partial charge in [-0.05, 0) is 35.4 Å². The number of benzene rings is 3. The van der Waals surface area contributed by atoms with Crippen molar-refractivity contribution in [3.8, 4) is 5.75 Å². The van der Waals surface area contributed by atoms with Gasteiger partial charge in [-0.15, -0.1) is 0 Å². The molecule has 1 amide bonds. The van der Waals surface area contributed by atoms with Crippen LogP contribution in [0.5, 0.6) is 5.75 Å². The Morgan fingerprint density at radius 2 is 1.44 bits per heavy atom. The fourth-order valence-electron chi connectivity index (χ4n) is 2.95. The third-order valence-electron chi connectivity index (χ3n) is 4.49. The molecule has 0 aliphatic rings. The first kappa shape index (κ1) is 23.0. The molecule has 0 fully saturated rings. The van der Waals surface area contributed by atoms with E-state index in [-0.39, 0.29) is 29.6 Å². The van der Waals surface area contributed by atoms with Crippen molar-refractivity contribution in [3.05, 3.63) is 96.1 Å². The maximum Gasteiger partial charge on any atom is 0.339 e. The SMILES string of the molecule is CC(=O)N[C@@H](Cc1ccc(OS(=O)(=O)c2ccccc2)cc1)C(=O)OCc1ccccc1. The second kappa shape index (κ2) is 10.6. The molecule has 0 saturated carbocycles. The van der Waals surface area contributed by atoms with Gasteiger partial charge in [0.1, 0.15) is 23.3 Å². The molecule has 1 atom stereocenters. The van der Waals surface area contributed by atoms with E-state index in [4.69, 9.17) is 8.92 Å². The molecule has 1 N–H and O–H groups in total. The Morgan fingerprint density at radius 1 is 0.844 bits per heavy atom. The molecule has 7 nitrogen and oxygen atoms in total. The molecule has 166 valence electrons. The molecular formula is C24H23NO6S. The fraction of sp³-hybridized carbons (Fsp3) is 0.167. The predicted molar refractivity (Wildman–Crippen MR) is 118 cm³/mol. The minimum absolute atomic E-state index is 0.0518. The van der Waals surface area contributed by atoms with Crippen LogP contribution in [0.15, 0.2) is 89.8 Å². The summed E-state index contributed by atoms with van der Waals surface area (Å²) in [6.45, 7) is 1.42. The number of carbonyl (C=O) groups is 2. The smallest absolute Gasteiger partial charge is 0.339 e. The van der Waals surface area contributed by atoms with E-state index in [9.17, 15) is 18.0 Å². The highest BCUT2D eigenvalue weighted by Crippen LogP contribution is 2.20. The molecule has 3 aromatic rings. The molecule has 0 aliphatic heterocycles. The number of hydrogen-bond donors (Lipinski definition) is 1. The Bertz CT molecular complexity index is 1150. The molecule has 3 aromatic carbocycles. The Morgan fingerprint density at radius 3 is 2.03 bits per heavy atom. The molecule has 0 spiro atoms. The number of nitrogens with one attached hydrogen (secondary N) is 1. The van der Waals surface area contributed by atoms with Crippen LogP contribution in [0, 0.1) is 0 Å². The summed E-state index contributed by atoms with van der Waals surface area (Å²) >= 11 is 0. The van der Waals surface area contributed by atoms with Gasteiger partial charge < -0.3 is 14.2 Å². The zero-order valence-electron chi connectivity index (χ0n) is 17.4. The second-order valence-electron chi connectivity index (χ2n) is 7.05. The summed E-state index contributed by atoms with van der Waals surface area (Å²) in [6.07, 6.45) is 0.179. The van der Waals surface area contributed by atoms with Crippen molar-refractivity contribution in [1.29, 1.82) is 0 Å². The number of carbonyl (C=O) groups excluding carboxylic acids is 2. The third-order valence-corrected chi connectivity index (χ3v) is 5.75. The second-order valence-corrected chi connectivity index (χ2v) is 8.59. The van der Waals surface area contributed by atoms with Gasteiger partial charge in [-0.1, -0.05) is 60.7 Å². The lowest BCUT2D eigenvalue weighted by molar-refractivity contribution is -0.149. The largest absolute Gasteiger partial charge is 0.459 e. The van der Waals surface area contributed by atoms with E-state index in [0.29, 0.717) is 5.56 Å². The zero-order valence-corrected chi connectivity index (χ0v) is 18.2. The van der Waals surface area contributed by atoms with Crippen LogP contribution in [-0.2, 0) is 37.5 Å². The number of hydrogen-bond acceptors (Lipinski definition) is 6. The van der Waals surface area contributed by atoms with Gasteiger partial charge in [0, 0.05) is 13.3 Å². The van der Waals surface area contributed by atoms with Gasteiger partial charge in [0.05, 0.1) is 0 Å². The van der Waals surface area contributed by atoms with Crippen LogP contribution in [0.1, 0.15) is 18.1 Å². The predicted octanol–water partition coefficient (Wildman–Crippen LogP) is 3.24. The fourth-order valence-corrected chi connectivity index (χ4v) is 3.90. The van der Waals surface area contributed by atoms with E-state index in [1.165, 1.54) is 31.2 Å². The highest BCUT2D eigenvalue weighted by atomic mass is 32.2. The minimum Gasteiger partial charge on any atom is -0.459 e. The Hall–Kier alpha value is -3.65. The number of ether oxygens (including phenoxy) is 1. The van der Waals surface area contributed by atoms with Crippen molar-refractivity contribution in [2.45, 2.75) is 30.9 Å². The first-order chi connectivity index (χ1) is 15.3. The Balaban J connectivity index is 1.65. The van der Waals surface area contributed by atoms with Crippen LogP contribution in [-0.4, -0.2) is 26.3 Å². The average molecular weight is 454 g/mol. The normalized spacial score (nSPS) is 11.9. The molecule has 3 rings (SSSR count). The monoisotopic (exact) mass is 453 g/mol. The molecule has 0 unspecified atom stereocenters. The van der Waals surface area contributed by atoms with Gasteiger partial charge in [0.25, 0.3) is 0 Å². The van der Waals surface area contributed by atoms with E-state index in [1.54, 1.807) is 30.3 Å². The maximum atomic E-state index is 12.5. The number of amides is 1. The molecule has 0 aromatic heterocycles. The Kier molecular flexibility index (Phi) is 7.62. The molecule has 0 radical (unpaired) electrons. The van der Waals surface area contributed by atoms with Gasteiger partial charge in [0.15, 0.2) is 0 Å². The van der Waals surface area contributed by atoms with Crippen molar-refractivity contribution in [3.63, 3.8) is 0 Å². The minimum atomic E-state index is -3.94. The maximum absolute atomic E-state index is 12.5. The lowest BCUT2D eigenvalue weighted by Crippen LogP contribution is -2.42. The van der Waals surface area contributed by atoms with Crippen LogP contribution >= 0.6 is 0 Å². The van der Waals surface area contributed by atoms with Crippen LogP contribution in [0.3, 0.4) is 0 Å². The summed E-state index contributed by atoms with van der Waals surface area (Å²) in [4.78, 5) is 24.1. The van der Waals surface area contributed by atoms with Crippen molar-refractivity contribution in [2.24, 2.45) is 0 Å². The van der Waals surface area contributed by atoms with E-state index in [2.05, 4.69) is 5.32 Å². The molecule has 0 aliphatic carbocycles. The van der Waals surface area contributed by atoms with Crippen LogP contribution in [0.4, 0.5) is 0 Å².